The molecule has 4 N–H and O–H groups in total. The van der Waals surface area contributed by atoms with Gasteiger partial charge in [0.05, 0.1) is 19.1 Å². The molecule has 1 aromatic carbocycles. The fraction of sp³-hybridized carbons (Fsp3) is 0.385. The number of halogens is 3. The highest BCUT2D eigenvalue weighted by molar-refractivity contribution is 5.85. The maximum Gasteiger partial charge on any atom is 0.239 e. The van der Waals surface area contributed by atoms with Crippen LogP contribution in [0.15, 0.2) is 18.2 Å². The highest BCUT2D eigenvalue weighted by atomic mass is 35.5. The van der Waals surface area contributed by atoms with Crippen molar-refractivity contribution in [1.29, 1.82) is 0 Å². The summed E-state index contributed by atoms with van der Waals surface area (Å²) in [5, 5.41) is 4.85. The molecule has 0 aliphatic heterocycles. The maximum absolute atomic E-state index is 13.3. The molecule has 0 saturated carbocycles. The van der Waals surface area contributed by atoms with Crippen molar-refractivity contribution < 1.29 is 23.1 Å². The third kappa shape index (κ3) is 7.19. The largest absolute Gasteiger partial charge is 0.488 e. The van der Waals surface area contributed by atoms with E-state index in [2.05, 4.69) is 10.6 Å². The van der Waals surface area contributed by atoms with Gasteiger partial charge in [-0.15, -0.1) is 12.4 Å². The molecular formula is C13H18ClF2N3O3. The molecular weight excluding hydrogens is 320 g/mol. The zero-order valence-corrected chi connectivity index (χ0v) is 12.7. The van der Waals surface area contributed by atoms with Crippen molar-refractivity contribution in [2.75, 3.05) is 19.7 Å². The van der Waals surface area contributed by atoms with Gasteiger partial charge in [-0.25, -0.2) is 8.78 Å². The first-order valence-corrected chi connectivity index (χ1v) is 6.26. The van der Waals surface area contributed by atoms with E-state index in [4.69, 9.17) is 10.5 Å². The molecule has 0 bridgehead atoms. The number of amides is 2. The van der Waals surface area contributed by atoms with Gasteiger partial charge in [0.15, 0.2) is 11.6 Å². The first-order chi connectivity index (χ1) is 9.92. The van der Waals surface area contributed by atoms with E-state index in [1.165, 1.54) is 6.07 Å². The fourth-order valence-corrected chi connectivity index (χ4v) is 1.43. The highest BCUT2D eigenvalue weighted by Gasteiger charge is 2.11. The van der Waals surface area contributed by atoms with Crippen LogP contribution < -0.4 is 21.1 Å². The SMILES string of the molecule is CC(COc1ccc(F)cc1F)NC(=O)CNC(=O)CN.Cl. The number of carbonyl (C=O) groups excluding carboxylic acids is 2. The lowest BCUT2D eigenvalue weighted by molar-refractivity contribution is -0.125. The van der Waals surface area contributed by atoms with Crippen molar-refractivity contribution in [1.82, 2.24) is 10.6 Å². The summed E-state index contributed by atoms with van der Waals surface area (Å²) in [6, 6.07) is 2.53. The average Bonchev–Trinajstić information content (AvgIpc) is 2.43. The van der Waals surface area contributed by atoms with Gasteiger partial charge in [0.1, 0.15) is 12.4 Å². The number of carbonyl (C=O) groups is 2. The summed E-state index contributed by atoms with van der Waals surface area (Å²) in [6.45, 7) is 1.24. The molecule has 0 spiro atoms. The first kappa shape index (κ1) is 20.1. The minimum absolute atomic E-state index is 0. The monoisotopic (exact) mass is 337 g/mol. The van der Waals surface area contributed by atoms with E-state index in [0.717, 1.165) is 6.07 Å². The summed E-state index contributed by atoms with van der Waals surface area (Å²) in [5.74, 6) is -2.48. The Bertz CT molecular complexity index is 517. The van der Waals surface area contributed by atoms with Crippen LogP contribution >= 0.6 is 12.4 Å². The molecule has 0 fully saturated rings. The molecule has 1 unspecified atom stereocenters. The number of nitrogens with one attached hydrogen (secondary N) is 2. The Labute approximate surface area is 132 Å². The minimum Gasteiger partial charge on any atom is -0.488 e. The van der Waals surface area contributed by atoms with Gasteiger partial charge in [0.25, 0.3) is 0 Å². The second kappa shape index (κ2) is 9.91. The van der Waals surface area contributed by atoms with Crippen molar-refractivity contribution in [3.05, 3.63) is 29.8 Å². The molecule has 0 aromatic heterocycles. The van der Waals surface area contributed by atoms with Crippen LogP contribution in [-0.4, -0.2) is 37.6 Å². The molecule has 22 heavy (non-hydrogen) atoms. The van der Waals surface area contributed by atoms with Crippen LogP contribution in [0.2, 0.25) is 0 Å². The summed E-state index contributed by atoms with van der Waals surface area (Å²) in [6.07, 6.45) is 0. The van der Waals surface area contributed by atoms with Crippen LogP contribution in [0.25, 0.3) is 0 Å². The zero-order valence-electron chi connectivity index (χ0n) is 11.9. The third-order valence-corrected chi connectivity index (χ3v) is 2.42. The molecule has 124 valence electrons. The second-order valence-corrected chi connectivity index (χ2v) is 4.34. The molecule has 0 saturated heterocycles. The molecule has 1 aromatic rings. The predicted octanol–water partition coefficient (Wildman–Crippen LogP) is 0.345. The van der Waals surface area contributed by atoms with Crippen LogP contribution in [0.4, 0.5) is 8.78 Å². The molecule has 9 heteroatoms. The van der Waals surface area contributed by atoms with Gasteiger partial charge in [-0.05, 0) is 19.1 Å². The Balaban J connectivity index is 0.00000441. The topological polar surface area (TPSA) is 93.5 Å². The van der Waals surface area contributed by atoms with Crippen molar-refractivity contribution in [2.45, 2.75) is 13.0 Å². The Morgan fingerprint density at radius 1 is 1.32 bits per heavy atom. The second-order valence-electron chi connectivity index (χ2n) is 4.34. The molecule has 6 nitrogen and oxygen atoms in total. The van der Waals surface area contributed by atoms with Crippen molar-refractivity contribution in [3.8, 4) is 5.75 Å². The maximum atomic E-state index is 13.3. The number of hydrogen-bond acceptors (Lipinski definition) is 4. The molecule has 0 heterocycles. The fourth-order valence-electron chi connectivity index (χ4n) is 1.43. The lowest BCUT2D eigenvalue weighted by Gasteiger charge is -2.15. The molecule has 1 rings (SSSR count). The molecule has 0 aliphatic rings. The summed E-state index contributed by atoms with van der Waals surface area (Å²) < 4.78 is 31.1. The summed E-state index contributed by atoms with van der Waals surface area (Å²) >= 11 is 0. The highest BCUT2D eigenvalue weighted by Crippen LogP contribution is 2.17. The van der Waals surface area contributed by atoms with Crippen molar-refractivity contribution in [3.63, 3.8) is 0 Å². The summed E-state index contributed by atoms with van der Waals surface area (Å²) in [5.41, 5.74) is 5.07. The average molecular weight is 338 g/mol. The van der Waals surface area contributed by atoms with Crippen LogP contribution in [0, 0.1) is 11.6 Å². The summed E-state index contributed by atoms with van der Waals surface area (Å²) in [7, 11) is 0. The van der Waals surface area contributed by atoms with Gasteiger partial charge in [-0.3, -0.25) is 9.59 Å². The normalized spacial score (nSPS) is 11.1. The van der Waals surface area contributed by atoms with Crippen LogP contribution in [0.1, 0.15) is 6.92 Å². The van der Waals surface area contributed by atoms with E-state index in [-0.39, 0.29) is 37.9 Å². The number of hydrogen-bond donors (Lipinski definition) is 3. The first-order valence-electron chi connectivity index (χ1n) is 6.26. The van der Waals surface area contributed by atoms with Crippen molar-refractivity contribution in [2.24, 2.45) is 5.73 Å². The predicted molar refractivity (Wildman–Crippen MR) is 78.8 cm³/mol. The van der Waals surface area contributed by atoms with E-state index in [0.29, 0.717) is 6.07 Å². The van der Waals surface area contributed by atoms with Crippen LogP contribution in [-0.2, 0) is 9.59 Å². The van der Waals surface area contributed by atoms with E-state index >= 15 is 0 Å². The van der Waals surface area contributed by atoms with E-state index in [9.17, 15) is 18.4 Å². The van der Waals surface area contributed by atoms with Gasteiger partial charge < -0.3 is 21.1 Å². The lowest BCUT2D eigenvalue weighted by atomic mass is 10.3. The number of nitrogens with two attached hydrogens (primary N) is 1. The van der Waals surface area contributed by atoms with Crippen LogP contribution in [0.3, 0.4) is 0 Å². The van der Waals surface area contributed by atoms with Gasteiger partial charge >= 0.3 is 0 Å². The van der Waals surface area contributed by atoms with Crippen LogP contribution in [0.5, 0.6) is 5.75 Å². The minimum atomic E-state index is -0.816. The number of ether oxygens (including phenoxy) is 1. The Kier molecular flexibility index (Phi) is 9.04. The van der Waals surface area contributed by atoms with E-state index < -0.39 is 29.5 Å². The summed E-state index contributed by atoms with van der Waals surface area (Å²) in [4.78, 5) is 22.3. The quantitative estimate of drug-likeness (QED) is 0.669. The van der Waals surface area contributed by atoms with Gasteiger partial charge in [0, 0.05) is 6.07 Å². The molecule has 0 aliphatic carbocycles. The zero-order chi connectivity index (χ0) is 15.8. The Morgan fingerprint density at radius 3 is 2.59 bits per heavy atom. The number of rotatable bonds is 7. The number of benzene rings is 1. The Hall–Kier alpha value is -1.93. The molecule has 1 atom stereocenters. The standard InChI is InChI=1S/C13H17F2N3O3.ClH/c1-8(18-13(20)6-17-12(19)5-16)7-21-11-3-2-9(14)4-10(11)15;/h2-4,8H,5-7,16H2,1H3,(H,17,19)(H,18,20);1H. The van der Waals surface area contributed by atoms with Gasteiger partial charge in [0.2, 0.25) is 11.8 Å². The van der Waals surface area contributed by atoms with E-state index in [1.54, 1.807) is 6.92 Å². The molecule has 0 radical (unpaired) electrons. The van der Waals surface area contributed by atoms with Gasteiger partial charge in [-0.2, -0.15) is 0 Å². The molecule has 2 amide bonds. The Morgan fingerprint density at radius 2 is 2.00 bits per heavy atom. The third-order valence-electron chi connectivity index (χ3n) is 2.42. The van der Waals surface area contributed by atoms with E-state index in [1.807, 2.05) is 0 Å². The lowest BCUT2D eigenvalue weighted by Crippen LogP contribution is -2.44. The van der Waals surface area contributed by atoms with Gasteiger partial charge in [-0.1, -0.05) is 0 Å². The van der Waals surface area contributed by atoms with Crippen molar-refractivity contribution >= 4 is 24.2 Å². The smallest absolute Gasteiger partial charge is 0.239 e.